The van der Waals surface area contributed by atoms with Gasteiger partial charge in [-0.15, -0.1) is 11.6 Å². The van der Waals surface area contributed by atoms with Gasteiger partial charge in [-0.3, -0.25) is 0 Å². The molecule has 0 aliphatic carbocycles. The Morgan fingerprint density at radius 2 is 1.48 bits per heavy atom. The molecule has 1 unspecified atom stereocenters. The number of hydrogen-bond acceptors (Lipinski definition) is 3. The van der Waals surface area contributed by atoms with Crippen LogP contribution in [-0.2, 0) is 16.2 Å². The molecule has 31 heavy (non-hydrogen) atoms. The fraction of sp³-hybridized carbons (Fsp3) is 0.250. The monoisotopic (exact) mass is 450 g/mol. The Morgan fingerprint density at radius 3 is 2.13 bits per heavy atom. The highest BCUT2D eigenvalue weighted by Crippen LogP contribution is 2.45. The van der Waals surface area contributed by atoms with Crippen molar-refractivity contribution in [1.29, 1.82) is 0 Å². The zero-order chi connectivity index (χ0) is 22.3. The Balaban J connectivity index is 1.68. The van der Waals surface area contributed by atoms with Crippen molar-refractivity contribution in [3.63, 3.8) is 0 Å². The van der Waals surface area contributed by atoms with Gasteiger partial charge in [0, 0.05) is 0 Å². The van der Waals surface area contributed by atoms with Crippen molar-refractivity contribution in [2.45, 2.75) is 24.6 Å². The molecule has 0 spiro atoms. The molecular formula is C24H22ClF3O3. The van der Waals surface area contributed by atoms with E-state index in [1.54, 1.807) is 31.2 Å². The number of hydrogen-bond donors (Lipinski definition) is 0. The van der Waals surface area contributed by atoms with Crippen LogP contribution in [0.4, 0.5) is 13.2 Å². The second kappa shape index (κ2) is 10.1. The van der Waals surface area contributed by atoms with Crippen molar-refractivity contribution in [1.82, 2.24) is 0 Å². The van der Waals surface area contributed by atoms with Gasteiger partial charge in [0.05, 0.1) is 19.8 Å². The fourth-order valence-corrected chi connectivity index (χ4v) is 3.15. The van der Waals surface area contributed by atoms with E-state index >= 15 is 0 Å². The van der Waals surface area contributed by atoms with Gasteiger partial charge in [0.25, 0.3) is 0 Å². The summed E-state index contributed by atoms with van der Waals surface area (Å²) in [5.74, 6) is 1.70. The lowest BCUT2D eigenvalue weighted by Gasteiger charge is -2.30. The van der Waals surface area contributed by atoms with E-state index in [0.29, 0.717) is 29.4 Å². The Labute approximate surface area is 184 Å². The average molecular weight is 451 g/mol. The maximum Gasteiger partial charge on any atom is 0.413 e. The van der Waals surface area contributed by atoms with E-state index in [1.165, 1.54) is 24.3 Å². The van der Waals surface area contributed by atoms with Crippen molar-refractivity contribution in [3.8, 4) is 17.2 Å². The molecule has 0 fully saturated rings. The van der Waals surface area contributed by atoms with Gasteiger partial charge in [-0.05, 0) is 54.4 Å². The number of para-hydroxylation sites is 1. The van der Waals surface area contributed by atoms with Gasteiger partial charge in [-0.25, -0.2) is 0 Å². The van der Waals surface area contributed by atoms with Crippen LogP contribution in [0.5, 0.6) is 17.2 Å². The molecule has 0 aromatic heterocycles. The van der Waals surface area contributed by atoms with Crippen LogP contribution in [0, 0.1) is 0 Å². The normalized spacial score (nSPS) is 13.5. The van der Waals surface area contributed by atoms with E-state index in [2.05, 4.69) is 0 Å². The second-order valence-corrected chi connectivity index (χ2v) is 7.46. The van der Waals surface area contributed by atoms with Gasteiger partial charge in [0.15, 0.2) is 4.87 Å². The summed E-state index contributed by atoms with van der Waals surface area (Å²) in [6, 6.07) is 21.7. The summed E-state index contributed by atoms with van der Waals surface area (Å²) in [6.45, 7) is 1.42. The predicted octanol–water partition coefficient (Wildman–Crippen LogP) is 7.09. The SMILES string of the molecule is CCOc1ccc(C(Cl)(COCc2cccc(Oc3ccccc3)c2)C(F)(F)F)cc1. The lowest BCUT2D eigenvalue weighted by molar-refractivity contribution is -0.179. The lowest BCUT2D eigenvalue weighted by Crippen LogP contribution is -2.41. The van der Waals surface area contributed by atoms with Crippen molar-refractivity contribution in [3.05, 3.63) is 90.0 Å². The number of rotatable bonds is 9. The quantitative estimate of drug-likeness (QED) is 0.326. The Bertz CT molecular complexity index is 962. The summed E-state index contributed by atoms with van der Waals surface area (Å²) in [4.78, 5) is -2.67. The molecule has 7 heteroatoms. The average Bonchev–Trinajstić information content (AvgIpc) is 2.75. The first kappa shape index (κ1) is 23.0. The maximum absolute atomic E-state index is 13.8. The zero-order valence-electron chi connectivity index (χ0n) is 16.9. The predicted molar refractivity (Wildman–Crippen MR) is 114 cm³/mol. The van der Waals surface area contributed by atoms with Crippen LogP contribution in [-0.4, -0.2) is 19.4 Å². The van der Waals surface area contributed by atoms with Crippen LogP contribution >= 0.6 is 11.6 Å². The molecule has 0 aliphatic rings. The van der Waals surface area contributed by atoms with Crippen LogP contribution in [0.25, 0.3) is 0 Å². The van der Waals surface area contributed by atoms with E-state index in [1.807, 2.05) is 30.3 Å². The van der Waals surface area contributed by atoms with Crippen LogP contribution < -0.4 is 9.47 Å². The van der Waals surface area contributed by atoms with Crippen LogP contribution in [0.2, 0.25) is 0 Å². The molecule has 0 saturated heterocycles. The highest BCUT2D eigenvalue weighted by atomic mass is 35.5. The molecular weight excluding hydrogens is 429 g/mol. The van der Waals surface area contributed by atoms with E-state index in [-0.39, 0.29) is 12.2 Å². The minimum absolute atomic E-state index is 0.0480. The highest BCUT2D eigenvalue weighted by Gasteiger charge is 2.55. The van der Waals surface area contributed by atoms with Gasteiger partial charge >= 0.3 is 6.18 Å². The Hall–Kier alpha value is -2.70. The molecule has 3 aromatic carbocycles. The zero-order valence-corrected chi connectivity index (χ0v) is 17.6. The summed E-state index contributed by atoms with van der Waals surface area (Å²) in [5.41, 5.74) is 0.563. The Morgan fingerprint density at radius 1 is 0.806 bits per heavy atom. The molecule has 1 atom stereocenters. The molecule has 164 valence electrons. The van der Waals surface area contributed by atoms with Crippen LogP contribution in [0.1, 0.15) is 18.1 Å². The maximum atomic E-state index is 13.8. The summed E-state index contributed by atoms with van der Waals surface area (Å²) < 4.78 is 57.9. The summed E-state index contributed by atoms with van der Waals surface area (Å²) in [6.07, 6.45) is -4.71. The number of halogens is 4. The third kappa shape index (κ3) is 5.93. The van der Waals surface area contributed by atoms with Crippen molar-refractivity contribution < 1.29 is 27.4 Å². The summed E-state index contributed by atoms with van der Waals surface area (Å²) in [7, 11) is 0. The molecule has 3 rings (SSSR count). The Kier molecular flexibility index (Phi) is 7.46. The molecule has 0 saturated carbocycles. The van der Waals surface area contributed by atoms with Gasteiger partial charge in [0.2, 0.25) is 0 Å². The smallest absolute Gasteiger partial charge is 0.413 e. The number of alkyl halides is 4. The van der Waals surface area contributed by atoms with Crippen molar-refractivity contribution in [2.75, 3.05) is 13.2 Å². The molecule has 0 heterocycles. The number of ether oxygens (including phenoxy) is 3. The third-order valence-corrected chi connectivity index (χ3v) is 5.06. The minimum atomic E-state index is -4.71. The topological polar surface area (TPSA) is 27.7 Å². The van der Waals surface area contributed by atoms with E-state index < -0.39 is 17.7 Å². The first-order valence-corrected chi connectivity index (χ1v) is 10.1. The molecule has 3 aromatic rings. The van der Waals surface area contributed by atoms with Gasteiger partial charge < -0.3 is 14.2 Å². The lowest BCUT2D eigenvalue weighted by atomic mass is 9.98. The molecule has 0 amide bonds. The van der Waals surface area contributed by atoms with E-state index in [0.717, 1.165) is 0 Å². The van der Waals surface area contributed by atoms with Crippen LogP contribution in [0.15, 0.2) is 78.9 Å². The van der Waals surface area contributed by atoms with Gasteiger partial charge in [-0.2, -0.15) is 13.2 Å². The second-order valence-electron chi connectivity index (χ2n) is 6.81. The van der Waals surface area contributed by atoms with Crippen molar-refractivity contribution in [2.24, 2.45) is 0 Å². The largest absolute Gasteiger partial charge is 0.494 e. The first-order chi connectivity index (χ1) is 14.8. The summed E-state index contributed by atoms with van der Waals surface area (Å²) >= 11 is 6.06. The molecule has 0 N–H and O–H groups in total. The van der Waals surface area contributed by atoms with Gasteiger partial charge in [0.1, 0.15) is 17.2 Å². The number of benzene rings is 3. The van der Waals surface area contributed by atoms with Crippen LogP contribution in [0.3, 0.4) is 0 Å². The van der Waals surface area contributed by atoms with Gasteiger partial charge in [-0.1, -0.05) is 42.5 Å². The molecule has 0 aliphatic heterocycles. The molecule has 0 bridgehead atoms. The molecule has 0 radical (unpaired) electrons. The highest BCUT2D eigenvalue weighted by molar-refractivity contribution is 6.24. The standard InChI is InChI=1S/C24H22ClF3O3/c1-2-30-20-13-11-19(12-14-20)23(25,24(26,27)28)17-29-16-18-7-6-10-22(15-18)31-21-8-4-3-5-9-21/h3-15H,2,16-17H2,1H3. The third-order valence-electron chi connectivity index (χ3n) is 4.52. The van der Waals surface area contributed by atoms with E-state index in [4.69, 9.17) is 25.8 Å². The fourth-order valence-electron chi connectivity index (χ4n) is 2.94. The summed E-state index contributed by atoms with van der Waals surface area (Å²) in [5, 5.41) is 0. The van der Waals surface area contributed by atoms with Crippen molar-refractivity contribution >= 4 is 11.6 Å². The van der Waals surface area contributed by atoms with E-state index in [9.17, 15) is 13.2 Å². The minimum Gasteiger partial charge on any atom is -0.494 e. The first-order valence-electron chi connectivity index (χ1n) is 9.70. The molecule has 3 nitrogen and oxygen atoms in total.